The highest BCUT2D eigenvalue weighted by Crippen LogP contribution is 2.45. The van der Waals surface area contributed by atoms with E-state index in [-0.39, 0.29) is 11.7 Å². The molecule has 11 heavy (non-hydrogen) atoms. The molecule has 4 heteroatoms. The third-order valence-electron chi connectivity index (χ3n) is 2.16. The summed E-state index contributed by atoms with van der Waals surface area (Å²) in [6, 6.07) is 0. The first kappa shape index (κ1) is 9.03. The van der Waals surface area contributed by atoms with Gasteiger partial charge in [-0.3, -0.25) is 13.9 Å². The van der Waals surface area contributed by atoms with Gasteiger partial charge >= 0.3 is 0 Å². The van der Waals surface area contributed by atoms with Gasteiger partial charge in [-0.1, -0.05) is 0 Å². The van der Waals surface area contributed by atoms with Gasteiger partial charge in [0, 0.05) is 17.4 Å². The molecule has 0 aromatic heterocycles. The van der Waals surface area contributed by atoms with Crippen LogP contribution in [0.2, 0.25) is 0 Å². The minimum absolute atomic E-state index is 0.0786. The highest BCUT2D eigenvalue weighted by molar-refractivity contribution is 8.24. The van der Waals surface area contributed by atoms with E-state index in [4.69, 9.17) is 0 Å². The summed E-state index contributed by atoms with van der Waals surface area (Å²) in [4.78, 5) is 10.9. The average molecular weight is 178 g/mol. The maximum Gasteiger partial charge on any atom is 0.133 e. The zero-order valence-electron chi connectivity index (χ0n) is 6.62. The van der Waals surface area contributed by atoms with E-state index in [9.17, 15) is 13.9 Å². The van der Waals surface area contributed by atoms with Crippen LogP contribution in [0.3, 0.4) is 0 Å². The Balaban J connectivity index is 2.42. The molecule has 0 aromatic rings. The Bertz CT molecular complexity index is 157. The molecule has 0 unspecified atom stereocenters. The highest BCUT2D eigenvalue weighted by Gasteiger charge is 2.26. The van der Waals surface area contributed by atoms with Crippen LogP contribution in [-0.2, 0) is 4.79 Å². The summed E-state index contributed by atoms with van der Waals surface area (Å²) in [7, 11) is -2.30. The SMILES string of the molecule is CC(=O)C1CCS(O)(O)CC1. The van der Waals surface area contributed by atoms with Gasteiger partial charge < -0.3 is 0 Å². The van der Waals surface area contributed by atoms with Crippen molar-refractivity contribution in [3.05, 3.63) is 0 Å². The zero-order chi connectivity index (χ0) is 8.48. The molecule has 1 aliphatic heterocycles. The van der Waals surface area contributed by atoms with Crippen LogP contribution >= 0.6 is 10.6 Å². The molecule has 1 rings (SSSR count). The maximum atomic E-state index is 10.9. The monoisotopic (exact) mass is 178 g/mol. The van der Waals surface area contributed by atoms with Gasteiger partial charge in [-0.15, -0.1) is 0 Å². The lowest BCUT2D eigenvalue weighted by molar-refractivity contribution is -0.120. The van der Waals surface area contributed by atoms with Crippen LogP contribution < -0.4 is 0 Å². The smallest absolute Gasteiger partial charge is 0.133 e. The molecular weight excluding hydrogens is 164 g/mol. The molecule has 0 bridgehead atoms. The molecule has 1 fully saturated rings. The molecule has 3 nitrogen and oxygen atoms in total. The predicted octanol–water partition coefficient (Wildman–Crippen LogP) is 1.74. The molecule has 1 heterocycles. The van der Waals surface area contributed by atoms with Crippen molar-refractivity contribution in [1.82, 2.24) is 0 Å². The first-order chi connectivity index (χ1) is 5.01. The summed E-state index contributed by atoms with van der Waals surface area (Å²) in [6.45, 7) is 1.57. The van der Waals surface area contributed by atoms with Crippen LogP contribution in [0, 0.1) is 5.92 Å². The van der Waals surface area contributed by atoms with Gasteiger partial charge in [-0.25, -0.2) is 0 Å². The number of ketones is 1. The second-order valence-corrected chi connectivity index (χ2v) is 5.52. The van der Waals surface area contributed by atoms with E-state index in [1.54, 1.807) is 6.92 Å². The van der Waals surface area contributed by atoms with E-state index in [1.807, 2.05) is 0 Å². The fraction of sp³-hybridized carbons (Fsp3) is 0.857. The summed E-state index contributed by atoms with van der Waals surface area (Å²) in [5.74, 6) is 1.09. The number of hydrogen-bond donors (Lipinski definition) is 2. The summed E-state index contributed by atoms with van der Waals surface area (Å²) in [5, 5.41) is 0. The summed E-state index contributed by atoms with van der Waals surface area (Å²) in [5.41, 5.74) is 0. The van der Waals surface area contributed by atoms with Crippen molar-refractivity contribution < 1.29 is 13.9 Å². The van der Waals surface area contributed by atoms with Gasteiger partial charge in [-0.05, 0) is 19.8 Å². The topological polar surface area (TPSA) is 57.5 Å². The van der Waals surface area contributed by atoms with Gasteiger partial charge in [0.1, 0.15) is 5.78 Å². The van der Waals surface area contributed by atoms with E-state index < -0.39 is 10.6 Å². The Morgan fingerprint density at radius 1 is 1.36 bits per heavy atom. The summed E-state index contributed by atoms with van der Waals surface area (Å²) in [6.07, 6.45) is 1.30. The van der Waals surface area contributed by atoms with E-state index in [0.29, 0.717) is 24.3 Å². The third-order valence-corrected chi connectivity index (χ3v) is 3.94. The van der Waals surface area contributed by atoms with Gasteiger partial charge in [0.05, 0.1) is 0 Å². The Morgan fingerprint density at radius 2 is 1.82 bits per heavy atom. The third kappa shape index (κ3) is 2.47. The van der Waals surface area contributed by atoms with Crippen molar-refractivity contribution >= 4 is 16.4 Å². The van der Waals surface area contributed by atoms with Gasteiger partial charge in [0.25, 0.3) is 0 Å². The number of carbonyl (C=O) groups excluding carboxylic acids is 1. The number of hydrogen-bond acceptors (Lipinski definition) is 3. The van der Waals surface area contributed by atoms with Crippen LogP contribution in [0.5, 0.6) is 0 Å². The highest BCUT2D eigenvalue weighted by atomic mass is 32.3. The van der Waals surface area contributed by atoms with E-state index in [2.05, 4.69) is 0 Å². The summed E-state index contributed by atoms with van der Waals surface area (Å²) < 4.78 is 18.4. The second-order valence-electron chi connectivity index (χ2n) is 3.10. The van der Waals surface area contributed by atoms with Crippen molar-refractivity contribution in [3.8, 4) is 0 Å². The molecule has 0 radical (unpaired) electrons. The number of rotatable bonds is 1. The maximum absolute atomic E-state index is 10.9. The Labute approximate surface area is 68.2 Å². The molecule has 0 aliphatic carbocycles. The van der Waals surface area contributed by atoms with Crippen LogP contribution in [-0.4, -0.2) is 26.4 Å². The minimum atomic E-state index is -2.30. The van der Waals surface area contributed by atoms with Crippen molar-refractivity contribution in [3.63, 3.8) is 0 Å². The molecule has 66 valence electrons. The Hall–Kier alpha value is -0.0600. The largest absolute Gasteiger partial charge is 0.300 e. The van der Waals surface area contributed by atoms with Gasteiger partial charge in [-0.2, -0.15) is 10.6 Å². The first-order valence-electron chi connectivity index (χ1n) is 3.75. The first-order valence-corrected chi connectivity index (χ1v) is 5.64. The molecular formula is C7H14O3S. The standard InChI is InChI=1S/C7H14O3S/c1-6(8)7-2-4-11(9,10)5-3-7/h7,9-10H,2-5H2,1H3. The van der Waals surface area contributed by atoms with Gasteiger partial charge in [0.2, 0.25) is 0 Å². The van der Waals surface area contributed by atoms with Crippen molar-refractivity contribution in [1.29, 1.82) is 0 Å². The lowest BCUT2D eigenvalue weighted by Gasteiger charge is -2.38. The van der Waals surface area contributed by atoms with Crippen LogP contribution in [0.4, 0.5) is 0 Å². The van der Waals surface area contributed by atoms with E-state index >= 15 is 0 Å². The molecule has 0 spiro atoms. The van der Waals surface area contributed by atoms with Crippen LogP contribution in [0.25, 0.3) is 0 Å². The van der Waals surface area contributed by atoms with Crippen molar-refractivity contribution in [2.75, 3.05) is 11.5 Å². The molecule has 1 aliphatic rings. The predicted molar refractivity (Wildman–Crippen MR) is 46.0 cm³/mol. The quantitative estimate of drug-likeness (QED) is 0.643. The normalized spacial score (nSPS) is 27.9. The number of carbonyl (C=O) groups is 1. The fourth-order valence-corrected chi connectivity index (χ4v) is 2.84. The molecule has 0 atom stereocenters. The van der Waals surface area contributed by atoms with Crippen LogP contribution in [0.15, 0.2) is 0 Å². The van der Waals surface area contributed by atoms with Crippen molar-refractivity contribution in [2.45, 2.75) is 19.8 Å². The molecule has 0 amide bonds. The number of Topliss-reactive ketones (excluding diaryl/α,β-unsaturated/α-hetero) is 1. The molecule has 2 N–H and O–H groups in total. The Morgan fingerprint density at radius 3 is 2.18 bits per heavy atom. The Kier molecular flexibility index (Phi) is 2.57. The summed E-state index contributed by atoms with van der Waals surface area (Å²) >= 11 is 0. The lowest BCUT2D eigenvalue weighted by atomic mass is 9.99. The van der Waals surface area contributed by atoms with Crippen molar-refractivity contribution in [2.24, 2.45) is 5.92 Å². The molecule has 0 aromatic carbocycles. The zero-order valence-corrected chi connectivity index (χ0v) is 7.43. The van der Waals surface area contributed by atoms with Crippen LogP contribution in [0.1, 0.15) is 19.8 Å². The lowest BCUT2D eigenvalue weighted by Crippen LogP contribution is -2.24. The van der Waals surface area contributed by atoms with Gasteiger partial charge in [0.15, 0.2) is 0 Å². The molecule has 0 saturated carbocycles. The average Bonchev–Trinajstić information content (AvgIpc) is 1.86. The van der Waals surface area contributed by atoms with E-state index in [0.717, 1.165) is 0 Å². The molecule has 1 saturated heterocycles. The second kappa shape index (κ2) is 3.13. The van der Waals surface area contributed by atoms with E-state index in [1.165, 1.54) is 0 Å². The fourth-order valence-electron chi connectivity index (χ4n) is 1.31. The minimum Gasteiger partial charge on any atom is -0.300 e.